The van der Waals surface area contributed by atoms with E-state index in [9.17, 15) is 18.5 Å². The Bertz CT molecular complexity index is 1120. The summed E-state index contributed by atoms with van der Waals surface area (Å²) >= 11 is 12.5. The second-order valence-electron chi connectivity index (χ2n) is 8.77. The van der Waals surface area contributed by atoms with E-state index >= 15 is 0 Å². The first-order valence-electron chi connectivity index (χ1n) is 10.1. The molecule has 4 heterocycles. The van der Waals surface area contributed by atoms with Gasteiger partial charge in [0.15, 0.2) is 0 Å². The summed E-state index contributed by atoms with van der Waals surface area (Å²) in [4.78, 5) is 15.2. The number of carbonyl (C=O) groups is 1. The number of fused-ring (bicyclic) bond motifs is 2. The number of amides is 1. The minimum Gasteiger partial charge on any atom is -0.366 e. The largest absolute Gasteiger partial charge is 0.366 e. The van der Waals surface area contributed by atoms with Gasteiger partial charge in [-0.05, 0) is 32.4 Å². The summed E-state index contributed by atoms with van der Waals surface area (Å²) in [5, 5.41) is 9.54. The smallest absolute Gasteiger partial charge is 0.235 e. The van der Waals surface area contributed by atoms with Crippen molar-refractivity contribution in [1.82, 2.24) is 4.72 Å². The maximum absolute atomic E-state index is 13.6. The average molecular weight is 486 g/mol. The van der Waals surface area contributed by atoms with E-state index in [1.807, 2.05) is 13.0 Å². The number of halogens is 2. The zero-order chi connectivity index (χ0) is 22.3. The molecule has 4 aliphatic rings. The molecular weight excluding hydrogens is 465 g/mol. The normalized spacial score (nSPS) is 38.4. The molecule has 4 fully saturated rings. The molecule has 6 atom stereocenters. The Balaban J connectivity index is 1.58. The van der Waals surface area contributed by atoms with Crippen molar-refractivity contribution in [2.24, 2.45) is 11.8 Å². The molecule has 31 heavy (non-hydrogen) atoms. The van der Waals surface area contributed by atoms with Crippen LogP contribution in [0.4, 0.5) is 5.69 Å². The number of sulfonamides is 1. The van der Waals surface area contributed by atoms with Crippen LogP contribution in [-0.4, -0.2) is 50.2 Å². The lowest BCUT2D eigenvalue weighted by Gasteiger charge is -2.45. The molecule has 0 unspecified atom stereocenters. The number of rotatable bonds is 4. The third kappa shape index (κ3) is 2.82. The number of carbonyl (C=O) groups excluding carboxylic acids is 1. The van der Waals surface area contributed by atoms with E-state index < -0.39 is 39.4 Å². The predicted octanol–water partition coefficient (Wildman–Crippen LogP) is 2.43. The van der Waals surface area contributed by atoms with Gasteiger partial charge in [-0.2, -0.15) is 5.26 Å². The maximum Gasteiger partial charge on any atom is 0.235 e. The van der Waals surface area contributed by atoms with Crippen LogP contribution in [-0.2, 0) is 24.3 Å². The Labute approximate surface area is 190 Å². The number of hydrogen-bond donors (Lipinski definition) is 1. The second kappa shape index (κ2) is 6.80. The van der Waals surface area contributed by atoms with Gasteiger partial charge in [0.1, 0.15) is 12.3 Å². The zero-order valence-electron chi connectivity index (χ0n) is 16.9. The molecular formula is C20H21Cl2N3O5S. The first kappa shape index (κ1) is 21.4. The summed E-state index contributed by atoms with van der Waals surface area (Å²) in [5.74, 6) is -1.02. The molecule has 0 saturated carbocycles. The van der Waals surface area contributed by atoms with Crippen LogP contribution in [0.5, 0.6) is 0 Å². The highest BCUT2D eigenvalue weighted by molar-refractivity contribution is 7.89. The van der Waals surface area contributed by atoms with Crippen LogP contribution in [0.15, 0.2) is 12.1 Å². The molecule has 4 saturated heterocycles. The van der Waals surface area contributed by atoms with Gasteiger partial charge in [0, 0.05) is 18.0 Å². The average Bonchev–Trinajstić information content (AvgIpc) is 3.25. The number of nitrogens with one attached hydrogen (secondary N) is 1. The van der Waals surface area contributed by atoms with Crippen LogP contribution in [0.1, 0.15) is 32.3 Å². The minimum absolute atomic E-state index is 0.0301. The SMILES string of the molecule is CCS(=O)(=O)N[C@H]1C[C@@]2(C)O[C@@]13CCO[C@H]1[C@@H]3[C@@H]2C(=O)N1c1cc(Cl)c(C#N)c(Cl)c1. The summed E-state index contributed by atoms with van der Waals surface area (Å²) in [6.07, 6.45) is 0.268. The van der Waals surface area contributed by atoms with Crippen molar-refractivity contribution in [3.63, 3.8) is 0 Å². The fourth-order valence-electron chi connectivity index (χ4n) is 5.96. The minimum atomic E-state index is -3.46. The van der Waals surface area contributed by atoms with E-state index in [-0.39, 0.29) is 33.2 Å². The highest BCUT2D eigenvalue weighted by atomic mass is 35.5. The molecule has 0 radical (unpaired) electrons. The second-order valence-corrected chi connectivity index (χ2v) is 11.6. The van der Waals surface area contributed by atoms with Crippen molar-refractivity contribution in [2.45, 2.75) is 50.2 Å². The topological polar surface area (TPSA) is 109 Å². The fraction of sp³-hybridized carbons (Fsp3) is 0.600. The molecule has 11 heteroatoms. The lowest BCUT2D eigenvalue weighted by Crippen LogP contribution is -2.61. The molecule has 1 aromatic rings. The summed E-state index contributed by atoms with van der Waals surface area (Å²) in [5.41, 5.74) is -1.05. The Morgan fingerprint density at radius 1 is 1.35 bits per heavy atom. The van der Waals surface area contributed by atoms with Crippen LogP contribution in [0, 0.1) is 23.2 Å². The molecule has 2 bridgehead atoms. The van der Waals surface area contributed by atoms with Crippen molar-refractivity contribution >= 4 is 44.8 Å². The van der Waals surface area contributed by atoms with Crippen LogP contribution < -0.4 is 9.62 Å². The van der Waals surface area contributed by atoms with E-state index in [2.05, 4.69) is 4.72 Å². The first-order chi connectivity index (χ1) is 14.6. The Kier molecular flexibility index (Phi) is 4.70. The van der Waals surface area contributed by atoms with Gasteiger partial charge in [-0.3, -0.25) is 9.69 Å². The predicted molar refractivity (Wildman–Crippen MR) is 113 cm³/mol. The van der Waals surface area contributed by atoms with E-state index in [0.29, 0.717) is 25.1 Å². The van der Waals surface area contributed by atoms with E-state index in [1.54, 1.807) is 11.8 Å². The number of anilines is 1. The van der Waals surface area contributed by atoms with Crippen LogP contribution in [0.25, 0.3) is 0 Å². The van der Waals surface area contributed by atoms with Crippen LogP contribution in [0.2, 0.25) is 10.0 Å². The summed E-state index contributed by atoms with van der Waals surface area (Å²) in [6.45, 7) is 3.77. The fourth-order valence-corrected chi connectivity index (χ4v) is 7.41. The standard InChI is InChI=1S/C20H21Cl2N3O5S/c1-3-31(27,28)24-14-8-19(2)15-16-18(29-5-4-20(14,16)30-19)25(17(15)26)10-6-12(21)11(9-23)13(22)7-10/h6-7,14-16,18,24H,3-5,8H2,1-2H3/t14-,15+,16-,18-,19+,20-/m0/s1. The Hall–Kier alpha value is -1.41. The first-order valence-corrected chi connectivity index (χ1v) is 12.5. The summed E-state index contributed by atoms with van der Waals surface area (Å²) < 4.78 is 40.0. The third-order valence-corrected chi connectivity index (χ3v) is 9.17. The van der Waals surface area contributed by atoms with Gasteiger partial charge in [0.25, 0.3) is 0 Å². The van der Waals surface area contributed by atoms with Gasteiger partial charge in [0.05, 0.1) is 51.1 Å². The van der Waals surface area contributed by atoms with Crippen molar-refractivity contribution in [1.29, 1.82) is 5.26 Å². The van der Waals surface area contributed by atoms with Gasteiger partial charge in [0.2, 0.25) is 15.9 Å². The van der Waals surface area contributed by atoms with Gasteiger partial charge >= 0.3 is 0 Å². The van der Waals surface area contributed by atoms with Crippen molar-refractivity contribution in [2.75, 3.05) is 17.3 Å². The van der Waals surface area contributed by atoms with Crippen molar-refractivity contribution < 1.29 is 22.7 Å². The molecule has 4 aliphatic heterocycles. The Morgan fingerprint density at radius 3 is 2.65 bits per heavy atom. The third-order valence-electron chi connectivity index (χ3n) is 7.17. The molecule has 1 spiro atoms. The van der Waals surface area contributed by atoms with Gasteiger partial charge in [-0.1, -0.05) is 23.2 Å². The quantitative estimate of drug-likeness (QED) is 0.701. The van der Waals surface area contributed by atoms with Crippen LogP contribution >= 0.6 is 23.2 Å². The van der Waals surface area contributed by atoms with E-state index in [1.165, 1.54) is 12.1 Å². The van der Waals surface area contributed by atoms with Gasteiger partial charge in [-0.25, -0.2) is 13.1 Å². The molecule has 166 valence electrons. The molecule has 0 aromatic heterocycles. The molecule has 1 aromatic carbocycles. The van der Waals surface area contributed by atoms with Gasteiger partial charge < -0.3 is 9.47 Å². The lowest BCUT2D eigenvalue weighted by molar-refractivity contribution is -0.143. The summed E-state index contributed by atoms with van der Waals surface area (Å²) in [7, 11) is -3.46. The summed E-state index contributed by atoms with van der Waals surface area (Å²) in [6, 6.07) is 4.60. The number of nitriles is 1. The zero-order valence-corrected chi connectivity index (χ0v) is 19.2. The number of ether oxygens (including phenoxy) is 2. The monoisotopic (exact) mass is 485 g/mol. The highest BCUT2D eigenvalue weighted by Gasteiger charge is 2.78. The number of benzene rings is 1. The van der Waals surface area contributed by atoms with Gasteiger partial charge in [-0.15, -0.1) is 0 Å². The molecule has 1 amide bonds. The molecule has 1 N–H and O–H groups in total. The Morgan fingerprint density at radius 2 is 2.03 bits per heavy atom. The number of hydrogen-bond acceptors (Lipinski definition) is 6. The van der Waals surface area contributed by atoms with E-state index in [4.69, 9.17) is 32.7 Å². The maximum atomic E-state index is 13.6. The molecule has 0 aliphatic carbocycles. The lowest BCUT2D eigenvalue weighted by atomic mass is 9.64. The number of nitrogens with zero attached hydrogens (tertiary/aromatic N) is 2. The van der Waals surface area contributed by atoms with Crippen LogP contribution in [0.3, 0.4) is 0 Å². The highest BCUT2D eigenvalue weighted by Crippen LogP contribution is 2.65. The van der Waals surface area contributed by atoms with Crippen molar-refractivity contribution in [3.05, 3.63) is 27.7 Å². The molecule has 8 nitrogen and oxygen atoms in total. The van der Waals surface area contributed by atoms with E-state index in [0.717, 1.165) is 0 Å². The van der Waals surface area contributed by atoms with Crippen molar-refractivity contribution in [3.8, 4) is 6.07 Å². The molecule has 5 rings (SSSR count).